The van der Waals surface area contributed by atoms with Crippen LogP contribution in [0.4, 0.5) is 9.59 Å². The Morgan fingerprint density at radius 2 is 1.29 bits per heavy atom. The Labute approximate surface area is 267 Å². The van der Waals surface area contributed by atoms with Crippen molar-refractivity contribution in [1.29, 1.82) is 0 Å². The molecule has 6 N–H and O–H groups in total. The van der Waals surface area contributed by atoms with Crippen LogP contribution in [-0.4, -0.2) is 58.9 Å². The zero-order chi connectivity index (χ0) is 32.9. The van der Waals surface area contributed by atoms with Crippen molar-refractivity contribution in [3.8, 4) is 0 Å². The molecule has 0 aliphatic rings. The molecule has 0 saturated carbocycles. The molecule has 4 atom stereocenters. The highest BCUT2D eigenvalue weighted by molar-refractivity contribution is 5.94. The monoisotopic (exact) mass is 624 g/mol. The molecule has 10 nitrogen and oxygen atoms in total. The Kier molecular flexibility index (Phi) is 17.5. The number of carbonyl (C=O) groups excluding carboxylic acids is 2. The average molecular weight is 625 g/mol. The van der Waals surface area contributed by atoms with Crippen LogP contribution in [0, 0.1) is 5.92 Å². The number of benzene rings is 2. The van der Waals surface area contributed by atoms with Gasteiger partial charge in [0, 0.05) is 6.42 Å². The molecule has 10 heteroatoms. The lowest BCUT2D eigenvalue weighted by Crippen LogP contribution is -2.68. The summed E-state index contributed by atoms with van der Waals surface area (Å²) in [6.45, 7) is 4.27. The fraction of sp³-hybridized carbons (Fsp3) is 0.543. The summed E-state index contributed by atoms with van der Waals surface area (Å²) in [6.07, 6.45) is 9.63. The number of unbranched alkanes of at least 4 members (excludes halogenated alkanes) is 8. The van der Waals surface area contributed by atoms with Gasteiger partial charge in [0.05, 0.1) is 12.1 Å². The normalized spacial score (nSPS) is 14.4. The second-order valence-electron chi connectivity index (χ2n) is 12.0. The molecule has 0 radical (unpaired) electrons. The SMILES string of the molecule is CC(C=O)NCCCCCCCCCCC[C@@H](Cc1ccccc1)C(Cc1ccccc1)(NC(=O)O)N[C@@H](C)C(=O)NC(=O)O. The first kappa shape index (κ1) is 37.4. The lowest BCUT2D eigenvalue weighted by molar-refractivity contribution is -0.123. The summed E-state index contributed by atoms with van der Waals surface area (Å²) in [7, 11) is 0. The maximum Gasteiger partial charge on any atom is 0.411 e. The Morgan fingerprint density at radius 1 is 0.756 bits per heavy atom. The zero-order valence-corrected chi connectivity index (χ0v) is 26.8. The van der Waals surface area contributed by atoms with Gasteiger partial charge in [0.15, 0.2) is 0 Å². The van der Waals surface area contributed by atoms with E-state index in [0.717, 1.165) is 62.5 Å². The van der Waals surface area contributed by atoms with E-state index in [1.807, 2.05) is 72.9 Å². The molecule has 0 heterocycles. The fourth-order valence-corrected chi connectivity index (χ4v) is 5.82. The maximum atomic E-state index is 12.7. The Morgan fingerprint density at radius 3 is 1.82 bits per heavy atom. The van der Waals surface area contributed by atoms with E-state index < -0.39 is 29.8 Å². The summed E-state index contributed by atoms with van der Waals surface area (Å²) < 4.78 is 0. The van der Waals surface area contributed by atoms with Crippen LogP contribution in [0.3, 0.4) is 0 Å². The van der Waals surface area contributed by atoms with Crippen molar-refractivity contribution >= 4 is 24.4 Å². The number of hydrogen-bond donors (Lipinski definition) is 6. The molecule has 0 fully saturated rings. The van der Waals surface area contributed by atoms with Crippen LogP contribution in [0.5, 0.6) is 0 Å². The van der Waals surface area contributed by atoms with E-state index in [1.54, 1.807) is 6.92 Å². The van der Waals surface area contributed by atoms with E-state index in [2.05, 4.69) is 16.0 Å². The molecule has 3 amide bonds. The first-order chi connectivity index (χ1) is 21.6. The first-order valence-corrected chi connectivity index (χ1v) is 16.2. The van der Waals surface area contributed by atoms with Gasteiger partial charge in [-0.25, -0.2) is 9.59 Å². The minimum Gasteiger partial charge on any atom is -0.465 e. The summed E-state index contributed by atoms with van der Waals surface area (Å²) in [6, 6.07) is 18.3. The molecular weight excluding hydrogens is 572 g/mol. The third kappa shape index (κ3) is 15.2. The largest absolute Gasteiger partial charge is 0.465 e. The van der Waals surface area contributed by atoms with E-state index in [9.17, 15) is 24.3 Å². The summed E-state index contributed by atoms with van der Waals surface area (Å²) in [5, 5.41) is 30.3. The Bertz CT molecular complexity index is 1150. The third-order valence-corrected chi connectivity index (χ3v) is 8.17. The minimum atomic E-state index is -1.46. The molecule has 2 rings (SSSR count). The van der Waals surface area contributed by atoms with Crippen molar-refractivity contribution in [2.75, 3.05) is 6.54 Å². The molecule has 0 spiro atoms. The van der Waals surface area contributed by atoms with Gasteiger partial charge in [0.2, 0.25) is 5.91 Å². The van der Waals surface area contributed by atoms with Crippen molar-refractivity contribution in [3.05, 3.63) is 71.8 Å². The van der Waals surface area contributed by atoms with Crippen LogP contribution in [0.1, 0.15) is 89.2 Å². The summed E-state index contributed by atoms with van der Waals surface area (Å²) in [5.74, 6) is -0.996. The first-order valence-electron chi connectivity index (χ1n) is 16.2. The highest BCUT2D eigenvalue weighted by atomic mass is 16.4. The molecule has 0 aromatic heterocycles. The van der Waals surface area contributed by atoms with Gasteiger partial charge >= 0.3 is 12.2 Å². The van der Waals surface area contributed by atoms with Gasteiger partial charge in [-0.3, -0.25) is 15.4 Å². The maximum absolute atomic E-state index is 12.7. The molecule has 0 aliphatic heterocycles. The van der Waals surface area contributed by atoms with Crippen LogP contribution in [0.15, 0.2) is 60.7 Å². The number of rotatable bonds is 23. The lowest BCUT2D eigenvalue weighted by Gasteiger charge is -2.44. The highest BCUT2D eigenvalue weighted by Gasteiger charge is 2.42. The molecule has 0 bridgehead atoms. The Hall–Kier alpha value is -3.76. The van der Waals surface area contributed by atoms with Crippen molar-refractivity contribution in [2.24, 2.45) is 5.92 Å². The van der Waals surface area contributed by atoms with Gasteiger partial charge in [0.1, 0.15) is 11.9 Å². The van der Waals surface area contributed by atoms with Crippen molar-refractivity contribution in [1.82, 2.24) is 21.3 Å². The van der Waals surface area contributed by atoms with E-state index >= 15 is 0 Å². The van der Waals surface area contributed by atoms with Gasteiger partial charge < -0.3 is 25.6 Å². The summed E-state index contributed by atoms with van der Waals surface area (Å²) in [5.41, 5.74) is 0.681. The van der Waals surface area contributed by atoms with E-state index in [4.69, 9.17) is 5.11 Å². The zero-order valence-electron chi connectivity index (χ0n) is 26.8. The quantitative estimate of drug-likeness (QED) is 0.0507. The molecule has 2 aromatic carbocycles. The molecule has 2 unspecified atom stereocenters. The number of aldehydes is 1. The number of hydrogen-bond acceptors (Lipinski definition) is 6. The molecular formula is C35H52N4O6. The third-order valence-electron chi connectivity index (χ3n) is 8.17. The topological polar surface area (TPSA) is 157 Å². The van der Waals surface area contributed by atoms with E-state index in [0.29, 0.717) is 12.8 Å². The van der Waals surface area contributed by atoms with Crippen LogP contribution in [-0.2, 0) is 22.4 Å². The van der Waals surface area contributed by atoms with Crippen LogP contribution >= 0.6 is 0 Å². The van der Waals surface area contributed by atoms with Crippen LogP contribution in [0.2, 0.25) is 0 Å². The standard InChI is InChI=1S/C35H52N4O6/c1-27(26-40)36-23-17-9-7-5-3-4-6-8-16-22-31(24-29-18-12-10-13-19-29)35(39-34(44)45,25-30-20-14-11-15-21-30)38-28(2)32(41)37-33(42)43/h10-15,18-21,26-28,31,36,38-39H,3-9,16-17,22-25H2,1-2H3,(H,37,41)(H,42,43)(H,44,45)/t27?,28-,31-,35?/m0/s1. The number of carbonyl (C=O) groups is 4. The van der Waals surface area contributed by atoms with Gasteiger partial charge in [0.25, 0.3) is 0 Å². The van der Waals surface area contributed by atoms with Crippen LogP contribution in [0.25, 0.3) is 0 Å². The molecule has 0 saturated heterocycles. The fourth-order valence-electron chi connectivity index (χ4n) is 5.82. The van der Waals surface area contributed by atoms with Crippen LogP contribution < -0.4 is 21.3 Å². The molecule has 248 valence electrons. The second kappa shape index (κ2) is 21.1. The van der Waals surface area contributed by atoms with Gasteiger partial charge in [-0.1, -0.05) is 112 Å². The highest BCUT2D eigenvalue weighted by Crippen LogP contribution is 2.30. The predicted octanol–water partition coefficient (Wildman–Crippen LogP) is 5.90. The molecule has 0 aliphatic carbocycles. The minimum absolute atomic E-state index is 0.0867. The van der Waals surface area contributed by atoms with Crippen molar-refractivity contribution in [3.63, 3.8) is 0 Å². The van der Waals surface area contributed by atoms with E-state index in [1.165, 1.54) is 19.3 Å². The average Bonchev–Trinajstić information content (AvgIpc) is 3.01. The van der Waals surface area contributed by atoms with E-state index in [-0.39, 0.29) is 18.4 Å². The van der Waals surface area contributed by atoms with Crippen molar-refractivity contribution < 1.29 is 29.4 Å². The summed E-state index contributed by atoms with van der Waals surface area (Å²) in [4.78, 5) is 46.9. The van der Waals surface area contributed by atoms with Gasteiger partial charge in [-0.15, -0.1) is 0 Å². The van der Waals surface area contributed by atoms with Gasteiger partial charge in [-0.2, -0.15) is 0 Å². The number of carboxylic acid groups (broad SMARTS) is 2. The predicted molar refractivity (Wildman–Crippen MR) is 176 cm³/mol. The Balaban J connectivity index is 2.12. The van der Waals surface area contributed by atoms with Gasteiger partial charge in [-0.05, 0) is 56.7 Å². The second-order valence-corrected chi connectivity index (χ2v) is 12.0. The number of nitrogens with one attached hydrogen (secondary N) is 4. The molecule has 2 aromatic rings. The number of amides is 3. The lowest BCUT2D eigenvalue weighted by atomic mass is 9.78. The smallest absolute Gasteiger partial charge is 0.411 e. The summed E-state index contributed by atoms with van der Waals surface area (Å²) >= 11 is 0. The van der Waals surface area contributed by atoms with Crippen molar-refractivity contribution in [2.45, 2.75) is 109 Å². The molecule has 45 heavy (non-hydrogen) atoms. The number of imide groups is 1.